The standard InChI is InChI=1S/C12H11ClN2O3S/c13-8-4-10(14-5-8)12(17)18-7-11(16)15-6-9-2-1-3-19-9/h1-5,14H,6-7H2,(H,15,16). The van der Waals surface area contributed by atoms with Gasteiger partial charge in [0.15, 0.2) is 6.61 Å². The van der Waals surface area contributed by atoms with Gasteiger partial charge >= 0.3 is 5.97 Å². The van der Waals surface area contributed by atoms with E-state index < -0.39 is 5.97 Å². The Morgan fingerprint density at radius 3 is 2.95 bits per heavy atom. The predicted octanol–water partition coefficient (Wildman–Crippen LogP) is 2.20. The summed E-state index contributed by atoms with van der Waals surface area (Å²) in [6.45, 7) is 0.114. The van der Waals surface area contributed by atoms with E-state index in [-0.39, 0.29) is 18.2 Å². The molecule has 0 aromatic carbocycles. The third-order valence-corrected chi connectivity index (χ3v) is 3.34. The number of esters is 1. The SMILES string of the molecule is O=C(COC(=O)c1cc(Cl)c[nH]1)NCc1cccs1. The van der Waals surface area contributed by atoms with Crippen LogP contribution in [0.5, 0.6) is 0 Å². The van der Waals surface area contributed by atoms with Gasteiger partial charge in [-0.05, 0) is 17.5 Å². The van der Waals surface area contributed by atoms with Crippen molar-refractivity contribution in [3.05, 3.63) is 45.4 Å². The molecule has 2 N–H and O–H groups in total. The molecule has 0 radical (unpaired) electrons. The van der Waals surface area contributed by atoms with E-state index in [4.69, 9.17) is 16.3 Å². The minimum atomic E-state index is -0.613. The third kappa shape index (κ3) is 4.11. The molecule has 7 heteroatoms. The highest BCUT2D eigenvalue weighted by molar-refractivity contribution is 7.09. The number of halogens is 1. The number of carbonyl (C=O) groups excluding carboxylic acids is 2. The topological polar surface area (TPSA) is 71.2 Å². The van der Waals surface area contributed by atoms with E-state index >= 15 is 0 Å². The zero-order valence-electron chi connectivity index (χ0n) is 9.81. The second-order valence-electron chi connectivity index (χ2n) is 3.66. The van der Waals surface area contributed by atoms with Gasteiger partial charge in [-0.1, -0.05) is 17.7 Å². The van der Waals surface area contributed by atoms with Crippen LogP contribution in [-0.4, -0.2) is 23.5 Å². The van der Waals surface area contributed by atoms with Gasteiger partial charge in [0.1, 0.15) is 5.69 Å². The molecule has 0 unspecified atom stereocenters. The summed E-state index contributed by atoms with van der Waals surface area (Å²) < 4.78 is 4.84. The van der Waals surface area contributed by atoms with Gasteiger partial charge in [0.25, 0.3) is 5.91 Å². The highest BCUT2D eigenvalue weighted by Crippen LogP contribution is 2.10. The first kappa shape index (κ1) is 13.6. The first-order chi connectivity index (χ1) is 9.15. The van der Waals surface area contributed by atoms with Crippen molar-refractivity contribution < 1.29 is 14.3 Å². The minimum absolute atomic E-state index is 0.219. The molecule has 19 heavy (non-hydrogen) atoms. The van der Waals surface area contributed by atoms with Crippen LogP contribution >= 0.6 is 22.9 Å². The first-order valence-corrected chi connectivity index (χ1v) is 6.71. The van der Waals surface area contributed by atoms with Crippen molar-refractivity contribution in [1.82, 2.24) is 10.3 Å². The smallest absolute Gasteiger partial charge is 0.355 e. The lowest BCUT2D eigenvalue weighted by Crippen LogP contribution is -2.28. The molecule has 0 spiro atoms. The van der Waals surface area contributed by atoms with E-state index in [0.717, 1.165) is 4.88 Å². The Balaban J connectivity index is 1.73. The molecule has 1 amide bonds. The van der Waals surface area contributed by atoms with E-state index in [1.165, 1.54) is 12.3 Å². The second-order valence-corrected chi connectivity index (χ2v) is 5.13. The van der Waals surface area contributed by atoms with Crippen LogP contribution in [0.4, 0.5) is 0 Å². The summed E-state index contributed by atoms with van der Waals surface area (Å²) in [5.74, 6) is -0.961. The first-order valence-electron chi connectivity index (χ1n) is 5.45. The lowest BCUT2D eigenvalue weighted by Gasteiger charge is -2.04. The third-order valence-electron chi connectivity index (χ3n) is 2.24. The summed E-state index contributed by atoms with van der Waals surface area (Å²) in [5, 5.41) is 4.99. The summed E-state index contributed by atoms with van der Waals surface area (Å²) in [6.07, 6.45) is 1.47. The van der Waals surface area contributed by atoms with Crippen molar-refractivity contribution in [1.29, 1.82) is 0 Å². The Morgan fingerprint density at radius 1 is 1.47 bits per heavy atom. The number of ether oxygens (including phenoxy) is 1. The van der Waals surface area contributed by atoms with Crippen LogP contribution in [0.15, 0.2) is 29.8 Å². The predicted molar refractivity (Wildman–Crippen MR) is 72.3 cm³/mol. The molecule has 0 aliphatic heterocycles. The Labute approximate surface area is 118 Å². The van der Waals surface area contributed by atoms with Crippen LogP contribution in [0, 0.1) is 0 Å². The van der Waals surface area contributed by atoms with E-state index in [9.17, 15) is 9.59 Å². The molecule has 0 fully saturated rings. The average molecular weight is 299 g/mol. The van der Waals surface area contributed by atoms with Crippen molar-refractivity contribution in [2.75, 3.05) is 6.61 Å². The summed E-state index contributed by atoms with van der Waals surface area (Å²) in [5.41, 5.74) is 0.219. The van der Waals surface area contributed by atoms with Crippen molar-refractivity contribution >= 4 is 34.8 Å². The second kappa shape index (κ2) is 6.40. The number of amides is 1. The fraction of sp³-hybridized carbons (Fsp3) is 0.167. The lowest BCUT2D eigenvalue weighted by molar-refractivity contribution is -0.124. The van der Waals surface area contributed by atoms with Gasteiger partial charge in [-0.2, -0.15) is 0 Å². The van der Waals surface area contributed by atoms with Crippen molar-refractivity contribution in [2.45, 2.75) is 6.54 Å². The highest BCUT2D eigenvalue weighted by Gasteiger charge is 2.11. The molecule has 0 aliphatic rings. The fourth-order valence-electron chi connectivity index (χ4n) is 1.34. The quantitative estimate of drug-likeness (QED) is 0.831. The minimum Gasteiger partial charge on any atom is -0.451 e. The number of thiophene rings is 1. The maximum Gasteiger partial charge on any atom is 0.355 e. The van der Waals surface area contributed by atoms with Crippen LogP contribution in [0.25, 0.3) is 0 Å². The van der Waals surface area contributed by atoms with E-state index in [0.29, 0.717) is 11.6 Å². The molecule has 2 heterocycles. The fourth-order valence-corrected chi connectivity index (χ4v) is 2.15. The van der Waals surface area contributed by atoms with Gasteiger partial charge in [0, 0.05) is 11.1 Å². The molecule has 100 valence electrons. The average Bonchev–Trinajstić information content (AvgIpc) is 3.04. The number of aromatic amines is 1. The van der Waals surface area contributed by atoms with Gasteiger partial charge in [-0.25, -0.2) is 4.79 Å². The normalized spacial score (nSPS) is 10.2. The van der Waals surface area contributed by atoms with Gasteiger partial charge in [0.05, 0.1) is 11.6 Å². The molecular weight excluding hydrogens is 288 g/mol. The zero-order valence-corrected chi connectivity index (χ0v) is 11.4. The number of rotatable bonds is 5. The maximum absolute atomic E-state index is 11.5. The Bertz CT molecular complexity index is 565. The number of aromatic nitrogens is 1. The largest absolute Gasteiger partial charge is 0.451 e. The van der Waals surface area contributed by atoms with Crippen LogP contribution < -0.4 is 5.32 Å². The summed E-state index contributed by atoms with van der Waals surface area (Å²) in [7, 11) is 0. The molecule has 0 bridgehead atoms. The lowest BCUT2D eigenvalue weighted by atomic mass is 10.4. The Kier molecular flexibility index (Phi) is 4.59. The maximum atomic E-state index is 11.5. The monoisotopic (exact) mass is 298 g/mol. The van der Waals surface area contributed by atoms with Crippen LogP contribution in [0.2, 0.25) is 5.02 Å². The summed E-state index contributed by atoms with van der Waals surface area (Å²) >= 11 is 7.20. The summed E-state index contributed by atoms with van der Waals surface area (Å²) in [6, 6.07) is 5.26. The van der Waals surface area contributed by atoms with E-state index in [2.05, 4.69) is 10.3 Å². The Morgan fingerprint density at radius 2 is 2.32 bits per heavy atom. The summed E-state index contributed by atoms with van der Waals surface area (Å²) in [4.78, 5) is 26.6. The van der Waals surface area contributed by atoms with Gasteiger partial charge in [-0.15, -0.1) is 11.3 Å². The van der Waals surface area contributed by atoms with Gasteiger partial charge < -0.3 is 15.0 Å². The number of H-pyrrole nitrogens is 1. The number of carbonyl (C=O) groups is 2. The molecule has 0 saturated heterocycles. The number of hydrogen-bond acceptors (Lipinski definition) is 4. The molecule has 0 aliphatic carbocycles. The molecule has 2 aromatic rings. The van der Waals surface area contributed by atoms with Crippen LogP contribution in [-0.2, 0) is 16.1 Å². The van der Waals surface area contributed by atoms with Crippen molar-refractivity contribution in [2.24, 2.45) is 0 Å². The zero-order chi connectivity index (χ0) is 13.7. The van der Waals surface area contributed by atoms with E-state index in [1.807, 2.05) is 17.5 Å². The molecule has 2 rings (SSSR count). The molecular formula is C12H11ClN2O3S. The molecule has 0 atom stereocenters. The molecule has 2 aromatic heterocycles. The molecule has 5 nitrogen and oxygen atoms in total. The Hall–Kier alpha value is -1.79. The van der Waals surface area contributed by atoms with Gasteiger partial charge in [0.2, 0.25) is 0 Å². The van der Waals surface area contributed by atoms with Crippen LogP contribution in [0.3, 0.4) is 0 Å². The van der Waals surface area contributed by atoms with E-state index in [1.54, 1.807) is 11.3 Å². The van der Waals surface area contributed by atoms with Gasteiger partial charge in [-0.3, -0.25) is 4.79 Å². The van der Waals surface area contributed by atoms with Crippen LogP contribution in [0.1, 0.15) is 15.4 Å². The molecule has 0 saturated carbocycles. The van der Waals surface area contributed by atoms with Crippen molar-refractivity contribution in [3.63, 3.8) is 0 Å². The highest BCUT2D eigenvalue weighted by atomic mass is 35.5. The van der Waals surface area contributed by atoms with Crippen molar-refractivity contribution in [3.8, 4) is 0 Å². The number of nitrogens with one attached hydrogen (secondary N) is 2. The number of hydrogen-bond donors (Lipinski definition) is 2.